The molecule has 0 bridgehead atoms. The monoisotopic (exact) mass is 411 g/mol. The van der Waals surface area contributed by atoms with E-state index < -0.39 is 18.6 Å². The number of nitrogens with one attached hydrogen (secondary N) is 1. The van der Waals surface area contributed by atoms with Crippen molar-refractivity contribution in [3.63, 3.8) is 0 Å². The van der Waals surface area contributed by atoms with Crippen LogP contribution in [0.25, 0.3) is 0 Å². The highest BCUT2D eigenvalue weighted by molar-refractivity contribution is 5.78. The second kappa shape index (κ2) is 9.36. The maximum Gasteiger partial charge on any atom is 0.405 e. The third kappa shape index (κ3) is 6.53. The number of benzene rings is 1. The van der Waals surface area contributed by atoms with Crippen LogP contribution < -0.4 is 5.32 Å². The zero-order valence-electron chi connectivity index (χ0n) is 16.2. The van der Waals surface area contributed by atoms with E-state index in [-0.39, 0.29) is 12.6 Å². The highest BCUT2D eigenvalue weighted by atomic mass is 19.4. The van der Waals surface area contributed by atoms with Crippen molar-refractivity contribution in [3.8, 4) is 0 Å². The van der Waals surface area contributed by atoms with Crippen molar-refractivity contribution < 1.29 is 22.5 Å². The predicted molar refractivity (Wildman–Crippen MR) is 99.0 cm³/mol. The van der Waals surface area contributed by atoms with Gasteiger partial charge in [0.15, 0.2) is 5.82 Å². The summed E-state index contributed by atoms with van der Waals surface area (Å²) < 4.78 is 41.9. The van der Waals surface area contributed by atoms with Crippen LogP contribution in [0.1, 0.15) is 30.2 Å². The average Bonchev–Trinajstić information content (AvgIpc) is 3.15. The molecule has 3 rings (SSSR count). The molecular formula is C19H24F3N5O2. The van der Waals surface area contributed by atoms with E-state index in [1.807, 2.05) is 47.5 Å². The second-order valence-electron chi connectivity index (χ2n) is 7.09. The lowest BCUT2D eigenvalue weighted by atomic mass is 10.1. The van der Waals surface area contributed by atoms with Gasteiger partial charge < -0.3 is 9.84 Å². The molecule has 1 aromatic heterocycles. The first-order chi connectivity index (χ1) is 13.8. The van der Waals surface area contributed by atoms with Crippen LogP contribution in [0.5, 0.6) is 0 Å². The summed E-state index contributed by atoms with van der Waals surface area (Å²) in [6.45, 7) is 3.11. The van der Waals surface area contributed by atoms with Crippen LogP contribution in [-0.2, 0) is 11.2 Å². The minimum atomic E-state index is -4.40. The minimum Gasteiger partial charge on any atom is -0.346 e. The van der Waals surface area contributed by atoms with Gasteiger partial charge in [0.2, 0.25) is 11.8 Å². The van der Waals surface area contributed by atoms with Gasteiger partial charge >= 0.3 is 6.18 Å². The molecule has 0 saturated carbocycles. The van der Waals surface area contributed by atoms with Crippen LogP contribution in [0.4, 0.5) is 13.2 Å². The number of hydrogen-bond donors (Lipinski definition) is 1. The summed E-state index contributed by atoms with van der Waals surface area (Å²) in [6.07, 6.45) is -3.80. The van der Waals surface area contributed by atoms with Gasteiger partial charge in [0.25, 0.3) is 0 Å². The highest BCUT2D eigenvalue weighted by Crippen LogP contribution is 2.21. The number of aromatic nitrogens is 2. The smallest absolute Gasteiger partial charge is 0.346 e. The summed E-state index contributed by atoms with van der Waals surface area (Å²) in [4.78, 5) is 20.1. The molecule has 1 aliphatic rings. The largest absolute Gasteiger partial charge is 0.405 e. The zero-order valence-corrected chi connectivity index (χ0v) is 16.2. The maximum atomic E-state index is 12.2. The molecule has 2 heterocycles. The molecule has 1 aliphatic heterocycles. The van der Waals surface area contributed by atoms with Crippen LogP contribution in [-0.4, -0.2) is 71.3 Å². The normalized spacial score (nSPS) is 17.2. The number of rotatable bonds is 7. The third-order valence-electron chi connectivity index (χ3n) is 4.85. The lowest BCUT2D eigenvalue weighted by Gasteiger charge is -2.36. The summed E-state index contributed by atoms with van der Waals surface area (Å²) in [7, 11) is 0. The molecule has 1 amide bonds. The SMILES string of the molecule is C[C@@H](c1nc(Cc2ccccc2)no1)N1CCN(CC(=O)NCC(F)(F)F)CC1. The minimum absolute atomic E-state index is 0.0416. The predicted octanol–water partition coefficient (Wildman–Crippen LogP) is 2.02. The summed E-state index contributed by atoms with van der Waals surface area (Å²) in [5, 5.41) is 5.95. The number of piperazine rings is 1. The van der Waals surface area contributed by atoms with Gasteiger partial charge in [-0.1, -0.05) is 35.5 Å². The highest BCUT2D eigenvalue weighted by Gasteiger charge is 2.29. The number of amides is 1. The second-order valence-corrected chi connectivity index (χ2v) is 7.09. The average molecular weight is 411 g/mol. The fourth-order valence-corrected chi connectivity index (χ4v) is 3.21. The van der Waals surface area contributed by atoms with E-state index >= 15 is 0 Å². The molecule has 0 radical (unpaired) electrons. The lowest BCUT2D eigenvalue weighted by Crippen LogP contribution is -2.50. The Morgan fingerprint density at radius 2 is 1.90 bits per heavy atom. The molecule has 7 nitrogen and oxygen atoms in total. The van der Waals surface area contributed by atoms with Crippen LogP contribution in [0.3, 0.4) is 0 Å². The van der Waals surface area contributed by atoms with Crippen molar-refractivity contribution in [1.29, 1.82) is 0 Å². The van der Waals surface area contributed by atoms with E-state index in [0.717, 1.165) is 5.56 Å². The van der Waals surface area contributed by atoms with Gasteiger partial charge in [0.05, 0.1) is 12.6 Å². The standard InChI is InChI=1S/C19H24F3N5O2/c1-14(18-24-16(25-29-18)11-15-5-3-2-4-6-15)27-9-7-26(8-10-27)12-17(28)23-13-19(20,21)22/h2-6,14H,7-13H2,1H3,(H,23,28)/t14-/m0/s1. The van der Waals surface area contributed by atoms with Gasteiger partial charge in [-0.15, -0.1) is 0 Å². The van der Waals surface area contributed by atoms with E-state index in [1.165, 1.54) is 0 Å². The van der Waals surface area contributed by atoms with E-state index in [0.29, 0.717) is 44.3 Å². The molecule has 0 unspecified atom stereocenters. The van der Waals surface area contributed by atoms with Crippen molar-refractivity contribution in [2.45, 2.75) is 25.6 Å². The Kier molecular flexibility index (Phi) is 6.86. The van der Waals surface area contributed by atoms with Crippen molar-refractivity contribution >= 4 is 5.91 Å². The Morgan fingerprint density at radius 3 is 2.55 bits per heavy atom. The van der Waals surface area contributed by atoms with E-state index in [9.17, 15) is 18.0 Å². The fourth-order valence-electron chi connectivity index (χ4n) is 3.21. The number of carbonyl (C=O) groups excluding carboxylic acids is 1. The number of halogens is 3. The molecule has 29 heavy (non-hydrogen) atoms. The van der Waals surface area contributed by atoms with Crippen molar-refractivity contribution in [1.82, 2.24) is 25.3 Å². The van der Waals surface area contributed by atoms with E-state index in [2.05, 4.69) is 15.0 Å². The van der Waals surface area contributed by atoms with Crippen LogP contribution in [0.2, 0.25) is 0 Å². The first-order valence-electron chi connectivity index (χ1n) is 9.46. The molecule has 158 valence electrons. The van der Waals surface area contributed by atoms with Crippen molar-refractivity contribution in [2.75, 3.05) is 39.3 Å². The number of hydrogen-bond acceptors (Lipinski definition) is 6. The fraction of sp³-hybridized carbons (Fsp3) is 0.526. The van der Waals surface area contributed by atoms with Crippen LogP contribution >= 0.6 is 0 Å². The molecule has 10 heteroatoms. The Hall–Kier alpha value is -2.46. The first kappa shape index (κ1) is 21.3. The number of alkyl halides is 3. The van der Waals surface area contributed by atoms with E-state index in [1.54, 1.807) is 0 Å². The molecule has 1 fully saturated rings. The van der Waals surface area contributed by atoms with Gasteiger partial charge in [0.1, 0.15) is 6.54 Å². The van der Waals surface area contributed by atoms with Crippen molar-refractivity contribution in [2.24, 2.45) is 0 Å². The topological polar surface area (TPSA) is 74.5 Å². The van der Waals surface area contributed by atoms with Gasteiger partial charge in [-0.2, -0.15) is 18.2 Å². The summed E-state index contributed by atoms with van der Waals surface area (Å²) in [5.41, 5.74) is 1.10. The molecule has 0 spiro atoms. The molecule has 2 aromatic rings. The van der Waals surface area contributed by atoms with Gasteiger partial charge in [-0.3, -0.25) is 14.6 Å². The van der Waals surface area contributed by atoms with Crippen LogP contribution in [0, 0.1) is 0 Å². The Bertz CT molecular complexity index is 789. The van der Waals surface area contributed by atoms with Gasteiger partial charge in [0, 0.05) is 32.6 Å². The first-order valence-corrected chi connectivity index (χ1v) is 9.46. The molecule has 1 atom stereocenters. The summed E-state index contributed by atoms with van der Waals surface area (Å²) >= 11 is 0. The number of nitrogens with zero attached hydrogens (tertiary/aromatic N) is 4. The van der Waals surface area contributed by atoms with Gasteiger partial charge in [-0.05, 0) is 12.5 Å². The van der Waals surface area contributed by atoms with Crippen LogP contribution in [0.15, 0.2) is 34.9 Å². The summed E-state index contributed by atoms with van der Waals surface area (Å²) in [5.74, 6) is 0.539. The molecule has 0 aliphatic carbocycles. The molecule has 1 aromatic carbocycles. The molecule has 1 saturated heterocycles. The zero-order chi connectivity index (χ0) is 20.9. The third-order valence-corrected chi connectivity index (χ3v) is 4.85. The Morgan fingerprint density at radius 1 is 1.21 bits per heavy atom. The lowest BCUT2D eigenvalue weighted by molar-refractivity contribution is -0.139. The van der Waals surface area contributed by atoms with Crippen molar-refractivity contribution in [3.05, 3.63) is 47.6 Å². The maximum absolute atomic E-state index is 12.2. The molecular weight excluding hydrogens is 387 g/mol. The van der Waals surface area contributed by atoms with E-state index in [4.69, 9.17) is 4.52 Å². The summed E-state index contributed by atoms with van der Waals surface area (Å²) in [6, 6.07) is 9.80. The Labute approximate surface area is 166 Å². The quantitative estimate of drug-likeness (QED) is 0.752. The molecule has 1 N–H and O–H groups in total. The number of carbonyl (C=O) groups is 1. The van der Waals surface area contributed by atoms with Gasteiger partial charge in [-0.25, -0.2) is 0 Å². The Balaban J connectivity index is 1.45.